The van der Waals surface area contributed by atoms with E-state index in [1.165, 1.54) is 25.1 Å². The number of esters is 1. The van der Waals surface area contributed by atoms with Crippen LogP contribution in [0.2, 0.25) is 0 Å². The summed E-state index contributed by atoms with van der Waals surface area (Å²) < 4.78 is 18.4. The predicted octanol–water partition coefficient (Wildman–Crippen LogP) is 0.148. The number of methoxy groups -OCH3 is 1. The number of rotatable bonds is 6. The molecule has 25 heavy (non-hydrogen) atoms. The van der Waals surface area contributed by atoms with Gasteiger partial charge < -0.3 is 15.0 Å². The zero-order valence-electron chi connectivity index (χ0n) is 14.3. The first-order valence-corrected chi connectivity index (χ1v) is 7.98. The highest BCUT2D eigenvalue weighted by molar-refractivity contribution is 5.90. The van der Waals surface area contributed by atoms with Crippen molar-refractivity contribution in [2.24, 2.45) is 0 Å². The molecule has 2 rings (SSSR count). The number of carbonyl (C=O) groups excluding carboxylic acids is 3. The van der Waals surface area contributed by atoms with E-state index in [1.54, 1.807) is 23.1 Å². The van der Waals surface area contributed by atoms with Crippen molar-refractivity contribution in [2.75, 3.05) is 33.8 Å². The van der Waals surface area contributed by atoms with Crippen molar-refractivity contribution in [2.45, 2.75) is 19.0 Å². The zero-order valence-corrected chi connectivity index (χ0v) is 14.3. The van der Waals surface area contributed by atoms with Gasteiger partial charge in [-0.25, -0.2) is 4.39 Å². The summed E-state index contributed by atoms with van der Waals surface area (Å²) in [5.41, 5.74) is 0.470. The number of nitrogens with one attached hydrogen (secondary N) is 1. The number of amides is 2. The summed E-state index contributed by atoms with van der Waals surface area (Å²) in [5.74, 6) is -1.51. The van der Waals surface area contributed by atoms with Crippen LogP contribution in [0.1, 0.15) is 12.0 Å². The minimum Gasteiger partial charge on any atom is -0.468 e. The Morgan fingerprint density at radius 2 is 2.12 bits per heavy atom. The molecular weight excluding hydrogens is 329 g/mol. The van der Waals surface area contributed by atoms with Crippen LogP contribution in [-0.2, 0) is 25.7 Å². The lowest BCUT2D eigenvalue weighted by Crippen LogP contribution is -2.56. The molecule has 0 bridgehead atoms. The number of nitrogens with zero attached hydrogens (tertiary/aromatic N) is 2. The molecule has 0 saturated carbocycles. The topological polar surface area (TPSA) is 78.9 Å². The standard InChI is InChI=1S/C17H22FN3O4/c1-20(11-16(23)25-2)15(22)9-14-17(24)19-7-8-21(14)10-12-5-3-4-6-13(12)18/h3-6,14H,7-11H2,1-2H3,(H,19,24)/t14-/m1/s1. The van der Waals surface area contributed by atoms with Crippen molar-refractivity contribution in [3.8, 4) is 0 Å². The van der Waals surface area contributed by atoms with Gasteiger partial charge >= 0.3 is 5.97 Å². The fourth-order valence-corrected chi connectivity index (χ4v) is 2.69. The molecule has 1 aliphatic heterocycles. The number of piperazine rings is 1. The second-order valence-corrected chi connectivity index (χ2v) is 5.90. The lowest BCUT2D eigenvalue weighted by molar-refractivity contribution is -0.147. The van der Waals surface area contributed by atoms with Gasteiger partial charge in [-0.3, -0.25) is 19.3 Å². The van der Waals surface area contributed by atoms with Gasteiger partial charge in [0.2, 0.25) is 11.8 Å². The number of ether oxygens (including phenoxy) is 1. The van der Waals surface area contributed by atoms with Gasteiger partial charge in [0, 0.05) is 32.2 Å². The summed E-state index contributed by atoms with van der Waals surface area (Å²) in [5, 5.41) is 2.72. The van der Waals surface area contributed by atoms with Crippen LogP contribution in [-0.4, -0.2) is 67.4 Å². The Morgan fingerprint density at radius 1 is 1.40 bits per heavy atom. The Labute approximate surface area is 145 Å². The van der Waals surface area contributed by atoms with Crippen molar-refractivity contribution in [3.63, 3.8) is 0 Å². The van der Waals surface area contributed by atoms with Gasteiger partial charge in [-0.1, -0.05) is 18.2 Å². The molecule has 1 saturated heterocycles. The van der Waals surface area contributed by atoms with E-state index < -0.39 is 12.0 Å². The van der Waals surface area contributed by atoms with E-state index >= 15 is 0 Å². The second-order valence-electron chi connectivity index (χ2n) is 5.90. The van der Waals surface area contributed by atoms with Gasteiger partial charge in [0.25, 0.3) is 0 Å². The SMILES string of the molecule is COC(=O)CN(C)C(=O)C[C@@H]1C(=O)NCCN1Cc1ccccc1F. The van der Waals surface area contributed by atoms with Crippen LogP contribution in [0.15, 0.2) is 24.3 Å². The molecular formula is C17H22FN3O4. The number of hydrogen-bond donors (Lipinski definition) is 1. The Morgan fingerprint density at radius 3 is 2.80 bits per heavy atom. The minimum atomic E-state index is -0.707. The van der Waals surface area contributed by atoms with E-state index in [0.29, 0.717) is 18.7 Å². The third-order valence-corrected chi connectivity index (χ3v) is 4.16. The van der Waals surface area contributed by atoms with Gasteiger partial charge in [0.15, 0.2) is 0 Å². The molecule has 7 nitrogen and oxygen atoms in total. The van der Waals surface area contributed by atoms with Crippen molar-refractivity contribution in [3.05, 3.63) is 35.6 Å². The number of benzene rings is 1. The normalized spacial score (nSPS) is 17.7. The molecule has 1 aromatic carbocycles. The van der Waals surface area contributed by atoms with Crippen molar-refractivity contribution in [1.29, 1.82) is 0 Å². The third-order valence-electron chi connectivity index (χ3n) is 4.16. The Balaban J connectivity index is 2.06. The van der Waals surface area contributed by atoms with Crippen molar-refractivity contribution in [1.82, 2.24) is 15.1 Å². The first-order chi connectivity index (χ1) is 11.9. The molecule has 1 heterocycles. The smallest absolute Gasteiger partial charge is 0.325 e. The molecule has 0 spiro atoms. The highest BCUT2D eigenvalue weighted by atomic mass is 19.1. The fraction of sp³-hybridized carbons (Fsp3) is 0.471. The Kier molecular flexibility index (Phi) is 6.46. The number of hydrogen-bond acceptors (Lipinski definition) is 5. The third kappa shape index (κ3) is 4.99. The quantitative estimate of drug-likeness (QED) is 0.738. The molecule has 0 unspecified atom stereocenters. The molecule has 1 atom stereocenters. The van der Waals surface area contributed by atoms with Gasteiger partial charge in [-0.05, 0) is 6.07 Å². The first-order valence-electron chi connectivity index (χ1n) is 7.98. The molecule has 1 N–H and O–H groups in total. The highest BCUT2D eigenvalue weighted by Crippen LogP contribution is 2.16. The van der Waals surface area contributed by atoms with E-state index in [2.05, 4.69) is 10.1 Å². The highest BCUT2D eigenvalue weighted by Gasteiger charge is 2.33. The van der Waals surface area contributed by atoms with Gasteiger partial charge in [0.05, 0.1) is 19.6 Å². The molecule has 1 fully saturated rings. The molecule has 1 aromatic rings. The van der Waals surface area contributed by atoms with E-state index in [0.717, 1.165) is 0 Å². The first kappa shape index (κ1) is 18.9. The number of halogens is 1. The number of likely N-dealkylation sites (N-methyl/N-ethyl adjacent to an activating group) is 1. The van der Waals surface area contributed by atoms with Crippen molar-refractivity contribution >= 4 is 17.8 Å². The van der Waals surface area contributed by atoms with E-state index in [4.69, 9.17) is 0 Å². The second kappa shape index (κ2) is 8.57. The van der Waals surface area contributed by atoms with Crippen LogP contribution in [0.5, 0.6) is 0 Å². The Hall–Kier alpha value is -2.48. The fourth-order valence-electron chi connectivity index (χ4n) is 2.69. The summed E-state index contributed by atoms with van der Waals surface area (Å²) >= 11 is 0. The van der Waals surface area contributed by atoms with Crippen LogP contribution < -0.4 is 5.32 Å². The summed E-state index contributed by atoms with van der Waals surface area (Å²) in [6.07, 6.45) is -0.0895. The number of carbonyl (C=O) groups is 3. The molecule has 0 radical (unpaired) electrons. The molecule has 0 aliphatic carbocycles. The van der Waals surface area contributed by atoms with Gasteiger partial charge in [0.1, 0.15) is 12.4 Å². The molecule has 2 amide bonds. The maximum absolute atomic E-state index is 13.9. The Bertz CT molecular complexity index is 653. The van der Waals surface area contributed by atoms with E-state index in [9.17, 15) is 18.8 Å². The largest absolute Gasteiger partial charge is 0.468 e. The maximum atomic E-state index is 13.9. The van der Waals surface area contributed by atoms with E-state index in [1.807, 2.05) is 0 Å². The lowest BCUT2D eigenvalue weighted by Gasteiger charge is -2.35. The van der Waals surface area contributed by atoms with E-state index in [-0.39, 0.29) is 37.1 Å². The van der Waals surface area contributed by atoms with Crippen molar-refractivity contribution < 1.29 is 23.5 Å². The van der Waals surface area contributed by atoms with Crippen LogP contribution >= 0.6 is 0 Å². The summed E-state index contributed by atoms with van der Waals surface area (Å²) in [4.78, 5) is 38.8. The van der Waals surface area contributed by atoms with Crippen LogP contribution in [0, 0.1) is 5.82 Å². The molecule has 8 heteroatoms. The molecule has 1 aliphatic rings. The average Bonchev–Trinajstić information content (AvgIpc) is 2.59. The molecule has 136 valence electrons. The lowest BCUT2D eigenvalue weighted by atomic mass is 10.1. The van der Waals surface area contributed by atoms with Gasteiger partial charge in [-0.15, -0.1) is 0 Å². The average molecular weight is 351 g/mol. The predicted molar refractivity (Wildman–Crippen MR) is 87.9 cm³/mol. The van der Waals surface area contributed by atoms with Crippen LogP contribution in [0.25, 0.3) is 0 Å². The van der Waals surface area contributed by atoms with Gasteiger partial charge in [-0.2, -0.15) is 0 Å². The zero-order chi connectivity index (χ0) is 18.4. The minimum absolute atomic E-state index is 0.0895. The molecule has 0 aromatic heterocycles. The summed E-state index contributed by atoms with van der Waals surface area (Å²) in [6.45, 7) is 1.00. The maximum Gasteiger partial charge on any atom is 0.325 e. The monoisotopic (exact) mass is 351 g/mol. The summed E-state index contributed by atoms with van der Waals surface area (Å²) in [6, 6.07) is 5.64. The van der Waals surface area contributed by atoms with Crippen LogP contribution in [0.4, 0.5) is 4.39 Å². The summed E-state index contributed by atoms with van der Waals surface area (Å²) in [7, 11) is 2.71. The van der Waals surface area contributed by atoms with Crippen LogP contribution in [0.3, 0.4) is 0 Å².